The first-order chi connectivity index (χ1) is 13.5. The summed E-state index contributed by atoms with van der Waals surface area (Å²) in [6.07, 6.45) is 0.730. The third kappa shape index (κ3) is 5.07. The number of carbonyl (C=O) groups is 2. The summed E-state index contributed by atoms with van der Waals surface area (Å²) in [7, 11) is 0. The van der Waals surface area contributed by atoms with E-state index in [0.717, 1.165) is 29.1 Å². The molecule has 144 valence electrons. The van der Waals surface area contributed by atoms with E-state index in [0.29, 0.717) is 12.1 Å². The van der Waals surface area contributed by atoms with Crippen molar-refractivity contribution in [3.8, 4) is 5.69 Å². The largest absolute Gasteiger partial charge is 0.452 e. The summed E-state index contributed by atoms with van der Waals surface area (Å²) in [6, 6.07) is 18.8. The lowest BCUT2D eigenvalue weighted by Gasteiger charge is -2.08. The van der Waals surface area contributed by atoms with Gasteiger partial charge in [0.15, 0.2) is 6.61 Å². The van der Waals surface area contributed by atoms with Crippen LogP contribution in [0.5, 0.6) is 0 Å². The van der Waals surface area contributed by atoms with Crippen LogP contribution in [0.3, 0.4) is 0 Å². The van der Waals surface area contributed by atoms with Crippen molar-refractivity contribution in [3.63, 3.8) is 0 Å². The van der Waals surface area contributed by atoms with Gasteiger partial charge in [-0.25, -0.2) is 9.48 Å². The first kappa shape index (κ1) is 19.4. The highest BCUT2D eigenvalue weighted by molar-refractivity contribution is 5.91. The van der Waals surface area contributed by atoms with Crippen molar-refractivity contribution in [2.75, 3.05) is 13.2 Å². The van der Waals surface area contributed by atoms with Gasteiger partial charge in [0.2, 0.25) is 0 Å². The van der Waals surface area contributed by atoms with E-state index < -0.39 is 5.97 Å². The topological polar surface area (TPSA) is 73.2 Å². The lowest BCUT2D eigenvalue weighted by atomic mass is 10.1. The van der Waals surface area contributed by atoms with Crippen LogP contribution < -0.4 is 5.32 Å². The molecule has 28 heavy (non-hydrogen) atoms. The van der Waals surface area contributed by atoms with Gasteiger partial charge in [-0.05, 0) is 56.2 Å². The number of nitrogens with one attached hydrogen (secondary N) is 1. The van der Waals surface area contributed by atoms with Crippen molar-refractivity contribution < 1.29 is 14.3 Å². The Bertz CT molecular complexity index is 947. The van der Waals surface area contributed by atoms with Crippen LogP contribution >= 0.6 is 0 Å². The lowest BCUT2D eigenvalue weighted by molar-refractivity contribution is -0.124. The van der Waals surface area contributed by atoms with E-state index in [1.165, 1.54) is 0 Å². The van der Waals surface area contributed by atoms with Gasteiger partial charge in [-0.15, -0.1) is 0 Å². The van der Waals surface area contributed by atoms with Crippen LogP contribution in [0.1, 0.15) is 27.3 Å². The minimum Gasteiger partial charge on any atom is -0.452 e. The number of aryl methyl sites for hydroxylation is 2. The van der Waals surface area contributed by atoms with E-state index in [-0.39, 0.29) is 12.5 Å². The summed E-state index contributed by atoms with van der Waals surface area (Å²) >= 11 is 0. The Morgan fingerprint density at radius 3 is 2.39 bits per heavy atom. The van der Waals surface area contributed by atoms with Crippen LogP contribution in [0.15, 0.2) is 60.7 Å². The summed E-state index contributed by atoms with van der Waals surface area (Å²) in [5, 5.41) is 7.16. The molecule has 3 rings (SSSR count). The SMILES string of the molecule is Cc1cc(C)n(-c2ccc(C(=O)OCC(=O)NCCc3ccccc3)cc2)n1. The Morgan fingerprint density at radius 2 is 1.75 bits per heavy atom. The highest BCUT2D eigenvalue weighted by Gasteiger charge is 2.11. The fraction of sp³-hybridized carbons (Fsp3) is 0.227. The van der Waals surface area contributed by atoms with Gasteiger partial charge in [-0.2, -0.15) is 5.10 Å². The molecule has 0 bridgehead atoms. The van der Waals surface area contributed by atoms with E-state index in [1.807, 2.05) is 54.9 Å². The smallest absolute Gasteiger partial charge is 0.338 e. The maximum Gasteiger partial charge on any atom is 0.338 e. The van der Waals surface area contributed by atoms with Crippen molar-refractivity contribution in [1.82, 2.24) is 15.1 Å². The second-order valence-corrected chi connectivity index (χ2v) is 6.55. The van der Waals surface area contributed by atoms with Gasteiger partial charge in [-0.1, -0.05) is 30.3 Å². The van der Waals surface area contributed by atoms with Crippen molar-refractivity contribution in [1.29, 1.82) is 0 Å². The van der Waals surface area contributed by atoms with Crippen LogP contribution in [0.2, 0.25) is 0 Å². The summed E-state index contributed by atoms with van der Waals surface area (Å²) in [4.78, 5) is 24.0. The lowest BCUT2D eigenvalue weighted by Crippen LogP contribution is -2.30. The molecule has 6 heteroatoms. The standard InChI is InChI=1S/C22H23N3O3/c1-16-14-17(2)25(24-16)20-10-8-19(9-11-20)22(27)28-15-21(26)23-13-12-18-6-4-3-5-7-18/h3-11,14H,12-13,15H2,1-2H3,(H,23,26). The van der Waals surface area contributed by atoms with Crippen LogP contribution in [0.25, 0.3) is 5.69 Å². The maximum atomic E-state index is 12.1. The molecule has 1 heterocycles. The molecular weight excluding hydrogens is 354 g/mol. The van der Waals surface area contributed by atoms with Gasteiger partial charge < -0.3 is 10.1 Å². The Balaban J connectivity index is 1.46. The molecule has 0 saturated carbocycles. The number of nitrogens with zero attached hydrogens (tertiary/aromatic N) is 2. The highest BCUT2D eigenvalue weighted by atomic mass is 16.5. The molecule has 0 radical (unpaired) electrons. The van der Waals surface area contributed by atoms with Crippen LogP contribution in [-0.2, 0) is 16.0 Å². The minimum atomic E-state index is -0.530. The van der Waals surface area contributed by atoms with E-state index in [1.54, 1.807) is 24.3 Å². The molecule has 0 aliphatic heterocycles. The number of esters is 1. The number of aromatic nitrogens is 2. The normalized spacial score (nSPS) is 10.5. The zero-order valence-corrected chi connectivity index (χ0v) is 16.0. The molecule has 0 spiro atoms. The number of hydrogen-bond donors (Lipinski definition) is 1. The van der Waals surface area contributed by atoms with Gasteiger partial charge in [0, 0.05) is 12.2 Å². The van der Waals surface area contributed by atoms with Crippen molar-refractivity contribution in [2.24, 2.45) is 0 Å². The molecular formula is C22H23N3O3. The van der Waals surface area contributed by atoms with Gasteiger partial charge in [0.1, 0.15) is 0 Å². The van der Waals surface area contributed by atoms with Crippen molar-refractivity contribution in [2.45, 2.75) is 20.3 Å². The summed E-state index contributed by atoms with van der Waals surface area (Å²) in [5.41, 5.74) is 4.34. The van der Waals surface area contributed by atoms with Crippen LogP contribution in [0, 0.1) is 13.8 Å². The average molecular weight is 377 g/mol. The fourth-order valence-corrected chi connectivity index (χ4v) is 2.89. The second-order valence-electron chi connectivity index (χ2n) is 6.55. The molecule has 3 aromatic rings. The molecule has 1 N–H and O–H groups in total. The fourth-order valence-electron chi connectivity index (χ4n) is 2.89. The number of carbonyl (C=O) groups excluding carboxylic acids is 2. The molecule has 0 unspecified atom stereocenters. The summed E-state index contributed by atoms with van der Waals surface area (Å²) < 4.78 is 6.90. The van der Waals surface area contributed by atoms with Gasteiger partial charge in [0.05, 0.1) is 16.9 Å². The van der Waals surface area contributed by atoms with Gasteiger partial charge in [-0.3, -0.25) is 4.79 Å². The molecule has 1 amide bonds. The second kappa shape index (κ2) is 8.99. The van der Waals surface area contributed by atoms with E-state index in [2.05, 4.69) is 10.4 Å². The average Bonchev–Trinajstić information content (AvgIpc) is 3.05. The quantitative estimate of drug-likeness (QED) is 0.643. The molecule has 2 aromatic carbocycles. The predicted octanol–water partition coefficient (Wildman–Crippen LogP) is 3.00. The van der Waals surface area contributed by atoms with E-state index in [9.17, 15) is 9.59 Å². The molecule has 1 aromatic heterocycles. The first-order valence-corrected chi connectivity index (χ1v) is 9.14. The number of benzene rings is 2. The number of rotatable bonds is 7. The van der Waals surface area contributed by atoms with Crippen LogP contribution in [-0.4, -0.2) is 34.8 Å². The molecule has 0 fully saturated rings. The minimum absolute atomic E-state index is 0.299. The first-order valence-electron chi connectivity index (χ1n) is 9.14. The molecule has 0 saturated heterocycles. The van der Waals surface area contributed by atoms with Gasteiger partial charge in [0.25, 0.3) is 5.91 Å². The molecule has 0 aliphatic rings. The molecule has 0 atom stereocenters. The number of ether oxygens (including phenoxy) is 1. The Hall–Kier alpha value is -3.41. The van der Waals surface area contributed by atoms with Gasteiger partial charge >= 0.3 is 5.97 Å². The Labute approximate surface area is 164 Å². The zero-order valence-electron chi connectivity index (χ0n) is 16.0. The number of hydrogen-bond acceptors (Lipinski definition) is 4. The number of amides is 1. The summed E-state index contributed by atoms with van der Waals surface area (Å²) in [6.45, 7) is 4.10. The van der Waals surface area contributed by atoms with Crippen LogP contribution in [0.4, 0.5) is 0 Å². The summed E-state index contributed by atoms with van der Waals surface area (Å²) in [5.74, 6) is -0.846. The third-order valence-corrected chi connectivity index (χ3v) is 4.27. The monoisotopic (exact) mass is 377 g/mol. The van der Waals surface area contributed by atoms with Crippen molar-refractivity contribution >= 4 is 11.9 Å². The zero-order chi connectivity index (χ0) is 19.9. The Kier molecular flexibility index (Phi) is 6.22. The Morgan fingerprint density at radius 1 is 1.04 bits per heavy atom. The predicted molar refractivity (Wildman–Crippen MR) is 106 cm³/mol. The maximum absolute atomic E-state index is 12.1. The molecule has 0 aliphatic carbocycles. The van der Waals surface area contributed by atoms with Crippen molar-refractivity contribution in [3.05, 3.63) is 83.2 Å². The van der Waals surface area contributed by atoms with E-state index >= 15 is 0 Å². The third-order valence-electron chi connectivity index (χ3n) is 4.27. The molecule has 6 nitrogen and oxygen atoms in total. The van der Waals surface area contributed by atoms with E-state index in [4.69, 9.17) is 4.74 Å². The highest BCUT2D eigenvalue weighted by Crippen LogP contribution is 2.13.